The molecule has 0 N–H and O–H groups in total. The number of nitrogens with zero attached hydrogens (tertiary/aromatic N) is 1. The molecule has 1 aromatic rings. The fraction of sp³-hybridized carbons (Fsp3) is 0.500. The Morgan fingerprint density at radius 2 is 1.38 bits per heavy atom. The van der Waals surface area contributed by atoms with E-state index in [2.05, 4.69) is 0 Å². The second-order valence-corrected chi connectivity index (χ2v) is 4.94. The Kier molecular flexibility index (Phi) is 2.44. The van der Waals surface area contributed by atoms with Gasteiger partial charge in [-0.05, 0) is 52.0 Å². The highest BCUT2D eigenvalue weighted by molar-refractivity contribution is 5.42. The first-order valence-electron chi connectivity index (χ1n) is 5.26. The fourth-order valence-electron chi connectivity index (χ4n) is 1.32. The average Bonchev–Trinajstić information content (AvgIpc) is 2.37. The van der Waals surface area contributed by atoms with Crippen molar-refractivity contribution < 1.29 is 14.1 Å². The van der Waals surface area contributed by atoms with E-state index < -0.39 is 11.2 Å². The molecule has 1 aliphatic rings. The third-order valence-corrected chi connectivity index (χ3v) is 3.11. The Balaban J connectivity index is 2.23. The van der Waals surface area contributed by atoms with E-state index in [1.807, 2.05) is 27.7 Å². The summed E-state index contributed by atoms with van der Waals surface area (Å²) in [6.07, 6.45) is 0. The van der Waals surface area contributed by atoms with Crippen LogP contribution in [0.25, 0.3) is 0 Å². The third-order valence-electron chi connectivity index (χ3n) is 3.11. The van der Waals surface area contributed by atoms with E-state index in [4.69, 9.17) is 9.68 Å². The summed E-state index contributed by atoms with van der Waals surface area (Å²) in [5, 5.41) is 1.35. The Morgan fingerprint density at radius 3 is 1.81 bits per heavy atom. The molecule has 1 fully saturated rings. The van der Waals surface area contributed by atoms with Gasteiger partial charge in [0.15, 0.2) is 0 Å². The highest BCUT2D eigenvalue weighted by Crippen LogP contribution is 2.39. The maximum absolute atomic E-state index is 12.8. The van der Waals surface area contributed by atoms with Crippen LogP contribution in [0.5, 0.6) is 0 Å². The van der Waals surface area contributed by atoms with Crippen LogP contribution in [0.1, 0.15) is 27.7 Å². The molecule has 16 heavy (non-hydrogen) atoms. The monoisotopic (exact) mass is 225 g/mol. The second kappa shape index (κ2) is 3.43. The number of hydrogen-bond acceptors (Lipinski definition) is 3. The van der Waals surface area contributed by atoms with Crippen molar-refractivity contribution in [3.8, 4) is 0 Å². The number of rotatable bonds is 1. The van der Waals surface area contributed by atoms with Crippen LogP contribution in [0.4, 0.5) is 10.1 Å². The van der Waals surface area contributed by atoms with Crippen molar-refractivity contribution >= 4 is 5.69 Å². The van der Waals surface area contributed by atoms with E-state index >= 15 is 0 Å². The van der Waals surface area contributed by atoms with Gasteiger partial charge in [-0.25, -0.2) is 14.1 Å². The number of anilines is 1. The van der Waals surface area contributed by atoms with Crippen LogP contribution in [-0.4, -0.2) is 11.2 Å². The Labute approximate surface area is 94.7 Å². The summed E-state index contributed by atoms with van der Waals surface area (Å²) in [6, 6.07) is 5.99. The van der Waals surface area contributed by atoms with E-state index in [-0.39, 0.29) is 5.82 Å². The molecule has 1 aromatic carbocycles. The largest absolute Gasteiger partial charge is 0.239 e. The average molecular weight is 225 g/mol. The number of halogens is 1. The molecule has 2 rings (SSSR count). The predicted octanol–water partition coefficient (Wildman–Crippen LogP) is 3.07. The van der Waals surface area contributed by atoms with Gasteiger partial charge in [0, 0.05) is 0 Å². The van der Waals surface area contributed by atoms with Crippen LogP contribution in [0.2, 0.25) is 0 Å². The molecule has 4 heteroatoms. The van der Waals surface area contributed by atoms with Crippen LogP contribution in [0.3, 0.4) is 0 Å². The van der Waals surface area contributed by atoms with Crippen LogP contribution in [0, 0.1) is 5.82 Å². The van der Waals surface area contributed by atoms with Crippen LogP contribution < -0.4 is 5.23 Å². The van der Waals surface area contributed by atoms with Gasteiger partial charge in [-0.15, -0.1) is 5.23 Å². The molecule has 0 bridgehead atoms. The van der Waals surface area contributed by atoms with Gasteiger partial charge in [0.2, 0.25) is 0 Å². The van der Waals surface area contributed by atoms with Gasteiger partial charge in [0.25, 0.3) is 0 Å². The van der Waals surface area contributed by atoms with Crippen molar-refractivity contribution in [1.82, 2.24) is 0 Å². The molecule has 1 aliphatic heterocycles. The molecule has 3 nitrogen and oxygen atoms in total. The van der Waals surface area contributed by atoms with Gasteiger partial charge in [0.1, 0.15) is 17.0 Å². The van der Waals surface area contributed by atoms with E-state index in [1.54, 1.807) is 12.1 Å². The molecule has 88 valence electrons. The lowest BCUT2D eigenvalue weighted by molar-refractivity contribution is -0.0273. The van der Waals surface area contributed by atoms with Gasteiger partial charge in [-0.3, -0.25) is 0 Å². The van der Waals surface area contributed by atoms with Crippen molar-refractivity contribution in [2.45, 2.75) is 38.9 Å². The lowest BCUT2D eigenvalue weighted by Gasteiger charge is -2.26. The molecule has 1 saturated heterocycles. The van der Waals surface area contributed by atoms with Gasteiger partial charge in [-0.2, -0.15) is 0 Å². The lowest BCUT2D eigenvalue weighted by atomic mass is 9.90. The summed E-state index contributed by atoms with van der Waals surface area (Å²) >= 11 is 0. The van der Waals surface area contributed by atoms with E-state index in [0.717, 1.165) is 0 Å². The number of hydrogen-bond donors (Lipinski definition) is 0. The maximum Gasteiger partial charge on any atom is 0.124 e. The van der Waals surface area contributed by atoms with E-state index in [1.165, 1.54) is 17.4 Å². The quantitative estimate of drug-likeness (QED) is 0.733. The van der Waals surface area contributed by atoms with E-state index in [9.17, 15) is 4.39 Å². The third kappa shape index (κ3) is 1.79. The Hall–Kier alpha value is -1.13. The molecule has 1 heterocycles. The minimum atomic E-state index is -0.429. The lowest BCUT2D eigenvalue weighted by Crippen LogP contribution is -2.41. The van der Waals surface area contributed by atoms with Crippen molar-refractivity contribution in [1.29, 1.82) is 0 Å². The zero-order valence-corrected chi connectivity index (χ0v) is 9.95. The summed E-state index contributed by atoms with van der Waals surface area (Å²) in [7, 11) is 0. The molecular weight excluding hydrogens is 209 g/mol. The molecule has 0 spiro atoms. The van der Waals surface area contributed by atoms with Gasteiger partial charge >= 0.3 is 0 Å². The van der Waals surface area contributed by atoms with Crippen molar-refractivity contribution in [2.24, 2.45) is 0 Å². The van der Waals surface area contributed by atoms with Crippen LogP contribution in [-0.2, 0) is 9.68 Å². The van der Waals surface area contributed by atoms with Gasteiger partial charge in [-0.1, -0.05) is 0 Å². The Bertz CT molecular complexity index is 371. The zero-order valence-electron chi connectivity index (χ0n) is 9.95. The fourth-order valence-corrected chi connectivity index (χ4v) is 1.32. The van der Waals surface area contributed by atoms with Crippen molar-refractivity contribution in [3.63, 3.8) is 0 Å². The SMILES string of the molecule is CC1(C)ON(c2ccc(F)cc2)OC1(C)C. The number of benzene rings is 1. The summed E-state index contributed by atoms with van der Waals surface area (Å²) in [5.74, 6) is -0.276. The van der Waals surface area contributed by atoms with Crippen LogP contribution >= 0.6 is 0 Å². The molecule has 0 aliphatic carbocycles. The highest BCUT2D eigenvalue weighted by Gasteiger charge is 2.50. The summed E-state index contributed by atoms with van der Waals surface area (Å²) in [5.41, 5.74) is -0.178. The first kappa shape index (κ1) is 11.4. The standard InChI is InChI=1S/C12H16FNO2/c1-11(2)12(3,4)16-14(15-11)10-7-5-9(13)6-8-10/h5-8H,1-4H3. The normalized spacial score (nSPS) is 22.4. The minimum Gasteiger partial charge on any atom is -0.239 e. The van der Waals surface area contributed by atoms with Crippen molar-refractivity contribution in [2.75, 3.05) is 5.23 Å². The van der Waals surface area contributed by atoms with E-state index in [0.29, 0.717) is 5.69 Å². The molecule has 0 radical (unpaired) electrons. The molecule has 0 aromatic heterocycles. The van der Waals surface area contributed by atoms with Gasteiger partial charge < -0.3 is 0 Å². The zero-order chi connectivity index (χ0) is 12.0. The van der Waals surface area contributed by atoms with Crippen LogP contribution in [0.15, 0.2) is 24.3 Å². The summed E-state index contributed by atoms with van der Waals surface area (Å²) in [6.45, 7) is 7.82. The summed E-state index contributed by atoms with van der Waals surface area (Å²) in [4.78, 5) is 11.4. The maximum atomic E-state index is 12.8. The predicted molar refractivity (Wildman–Crippen MR) is 59.2 cm³/mol. The molecule has 0 amide bonds. The smallest absolute Gasteiger partial charge is 0.124 e. The van der Waals surface area contributed by atoms with Gasteiger partial charge in [0.05, 0.1) is 5.69 Å². The minimum absolute atomic E-state index is 0.276. The Morgan fingerprint density at radius 1 is 0.938 bits per heavy atom. The summed E-state index contributed by atoms with van der Waals surface area (Å²) < 4.78 is 12.8. The first-order chi connectivity index (χ1) is 7.32. The molecule has 0 atom stereocenters. The first-order valence-corrected chi connectivity index (χ1v) is 5.26. The second-order valence-electron chi connectivity index (χ2n) is 4.94. The van der Waals surface area contributed by atoms with Crippen molar-refractivity contribution in [3.05, 3.63) is 30.1 Å². The highest BCUT2D eigenvalue weighted by atomic mass is 19.1. The molecule has 0 saturated carbocycles. The molecule has 0 unspecified atom stereocenters. The topological polar surface area (TPSA) is 21.7 Å². The molecular formula is C12H16FNO2.